The first-order valence-corrected chi connectivity index (χ1v) is 11.2. The highest BCUT2D eigenvalue weighted by Crippen LogP contribution is 2.25. The van der Waals surface area contributed by atoms with Crippen molar-refractivity contribution in [3.8, 4) is 5.75 Å². The third-order valence-electron chi connectivity index (χ3n) is 5.26. The average Bonchev–Trinajstić information content (AvgIpc) is 2.77. The van der Waals surface area contributed by atoms with E-state index in [9.17, 15) is 13.2 Å². The van der Waals surface area contributed by atoms with Gasteiger partial charge in [0.25, 0.3) is 5.91 Å². The Labute approximate surface area is 177 Å². The highest BCUT2D eigenvalue weighted by molar-refractivity contribution is 7.89. The van der Waals surface area contributed by atoms with Crippen molar-refractivity contribution >= 4 is 21.6 Å². The van der Waals surface area contributed by atoms with Crippen LogP contribution >= 0.6 is 0 Å². The van der Waals surface area contributed by atoms with Gasteiger partial charge >= 0.3 is 0 Å². The first-order valence-electron chi connectivity index (χ1n) is 9.77. The zero-order valence-electron chi connectivity index (χ0n) is 17.5. The Morgan fingerprint density at radius 1 is 1.10 bits per heavy atom. The van der Waals surface area contributed by atoms with Crippen LogP contribution in [0.25, 0.3) is 0 Å². The maximum absolute atomic E-state index is 12.7. The van der Waals surface area contributed by atoms with E-state index in [0.717, 1.165) is 37.4 Å². The molecule has 0 spiro atoms. The predicted octanol–water partition coefficient (Wildman–Crippen LogP) is 1.29. The molecule has 0 aliphatic carbocycles. The second kappa shape index (κ2) is 9.46. The second-order valence-corrected chi connectivity index (χ2v) is 9.03. The normalized spacial score (nSPS) is 15.1. The van der Waals surface area contributed by atoms with E-state index < -0.39 is 10.0 Å². The maximum atomic E-state index is 12.7. The molecule has 8 nitrogen and oxygen atoms in total. The first-order chi connectivity index (χ1) is 14.4. The first kappa shape index (κ1) is 22.1. The van der Waals surface area contributed by atoms with Gasteiger partial charge in [-0.2, -0.15) is 0 Å². The minimum Gasteiger partial charge on any atom is -0.495 e. The number of sulfonamides is 1. The maximum Gasteiger partial charge on any atom is 0.251 e. The van der Waals surface area contributed by atoms with E-state index in [-0.39, 0.29) is 22.1 Å². The van der Waals surface area contributed by atoms with Crippen molar-refractivity contribution in [3.05, 3.63) is 53.6 Å². The summed E-state index contributed by atoms with van der Waals surface area (Å²) in [4.78, 5) is 17.3. The quantitative estimate of drug-likeness (QED) is 0.685. The van der Waals surface area contributed by atoms with Crippen LogP contribution in [-0.4, -0.2) is 66.6 Å². The summed E-state index contributed by atoms with van der Waals surface area (Å²) in [5, 5.41) is 2.91. The molecule has 30 heavy (non-hydrogen) atoms. The van der Waals surface area contributed by atoms with Gasteiger partial charge in [0.05, 0.1) is 7.11 Å². The van der Waals surface area contributed by atoms with E-state index in [0.29, 0.717) is 6.54 Å². The number of rotatable bonds is 7. The van der Waals surface area contributed by atoms with Crippen LogP contribution in [0.3, 0.4) is 0 Å². The molecule has 1 saturated heterocycles. The summed E-state index contributed by atoms with van der Waals surface area (Å²) in [5.41, 5.74) is 2.38. The van der Waals surface area contributed by atoms with Crippen LogP contribution in [0, 0.1) is 0 Å². The molecule has 0 radical (unpaired) electrons. The zero-order chi connectivity index (χ0) is 21.7. The van der Waals surface area contributed by atoms with Gasteiger partial charge in [0.1, 0.15) is 10.6 Å². The number of likely N-dealkylation sites (N-methyl/N-ethyl adjacent to an activating group) is 1. The minimum atomic E-state index is -3.76. The molecule has 0 saturated carbocycles. The molecule has 2 aromatic carbocycles. The van der Waals surface area contributed by atoms with Crippen molar-refractivity contribution in [1.29, 1.82) is 0 Å². The lowest BCUT2D eigenvalue weighted by molar-refractivity contribution is 0.0950. The summed E-state index contributed by atoms with van der Waals surface area (Å²) in [5.74, 6) is -0.167. The Balaban J connectivity index is 1.76. The molecule has 9 heteroatoms. The van der Waals surface area contributed by atoms with Gasteiger partial charge in [0, 0.05) is 44.0 Å². The van der Waals surface area contributed by atoms with Crippen LogP contribution in [0.15, 0.2) is 47.4 Å². The fourth-order valence-electron chi connectivity index (χ4n) is 3.43. The number of carbonyl (C=O) groups excluding carboxylic acids is 1. The number of nitrogens with zero attached hydrogens (tertiary/aromatic N) is 2. The zero-order valence-corrected chi connectivity index (χ0v) is 18.3. The highest BCUT2D eigenvalue weighted by atomic mass is 32.2. The fourth-order valence-corrected chi connectivity index (χ4v) is 4.35. The van der Waals surface area contributed by atoms with E-state index >= 15 is 0 Å². The van der Waals surface area contributed by atoms with Crippen molar-refractivity contribution in [3.63, 3.8) is 0 Å². The number of hydrogen-bond donors (Lipinski definition) is 2. The molecule has 3 rings (SSSR count). The minimum absolute atomic E-state index is 0.0713. The summed E-state index contributed by atoms with van der Waals surface area (Å²) in [6, 6.07) is 12.4. The van der Waals surface area contributed by atoms with Crippen molar-refractivity contribution in [1.82, 2.24) is 14.9 Å². The van der Waals surface area contributed by atoms with Crippen LogP contribution in [-0.2, 0) is 16.6 Å². The van der Waals surface area contributed by atoms with Crippen molar-refractivity contribution < 1.29 is 17.9 Å². The summed E-state index contributed by atoms with van der Waals surface area (Å²) in [7, 11) is 1.06. The number of hydrogen-bond acceptors (Lipinski definition) is 6. The third-order valence-corrected chi connectivity index (χ3v) is 6.69. The van der Waals surface area contributed by atoms with Crippen LogP contribution in [0.1, 0.15) is 15.9 Å². The molecule has 0 aromatic heterocycles. The number of nitrogens with one attached hydrogen (secondary N) is 2. The molecule has 1 aliphatic rings. The topological polar surface area (TPSA) is 91.0 Å². The van der Waals surface area contributed by atoms with Gasteiger partial charge in [0.2, 0.25) is 10.0 Å². The molecule has 2 aromatic rings. The number of ether oxygens (including phenoxy) is 1. The molecule has 1 fully saturated rings. The van der Waals surface area contributed by atoms with Gasteiger partial charge in [0.15, 0.2) is 0 Å². The van der Waals surface area contributed by atoms with E-state index in [1.165, 1.54) is 26.3 Å². The van der Waals surface area contributed by atoms with Gasteiger partial charge in [-0.3, -0.25) is 4.79 Å². The van der Waals surface area contributed by atoms with E-state index in [1.54, 1.807) is 6.07 Å². The molecular formula is C21H28N4O4S. The van der Waals surface area contributed by atoms with E-state index in [4.69, 9.17) is 4.74 Å². The molecular weight excluding hydrogens is 404 g/mol. The lowest BCUT2D eigenvalue weighted by Gasteiger charge is -2.35. The summed E-state index contributed by atoms with van der Waals surface area (Å²) >= 11 is 0. The largest absolute Gasteiger partial charge is 0.495 e. The van der Waals surface area contributed by atoms with Gasteiger partial charge < -0.3 is 19.9 Å². The Morgan fingerprint density at radius 3 is 2.47 bits per heavy atom. The lowest BCUT2D eigenvalue weighted by Crippen LogP contribution is -2.45. The monoisotopic (exact) mass is 432 g/mol. The molecule has 1 amide bonds. The lowest BCUT2D eigenvalue weighted by atomic mass is 10.1. The van der Waals surface area contributed by atoms with Crippen LogP contribution in [0.2, 0.25) is 0 Å². The van der Waals surface area contributed by atoms with Crippen LogP contribution in [0.5, 0.6) is 5.75 Å². The molecule has 2 N–H and O–H groups in total. The summed E-state index contributed by atoms with van der Waals surface area (Å²) < 4.78 is 31.9. The Hall–Kier alpha value is -2.62. The second-order valence-electron chi connectivity index (χ2n) is 7.17. The van der Waals surface area contributed by atoms with Crippen molar-refractivity contribution in [2.24, 2.45) is 0 Å². The highest BCUT2D eigenvalue weighted by Gasteiger charge is 2.21. The Kier molecular flexibility index (Phi) is 6.96. The summed E-state index contributed by atoms with van der Waals surface area (Å²) in [6.07, 6.45) is 0. The number of para-hydroxylation sites is 1. The smallest absolute Gasteiger partial charge is 0.251 e. The van der Waals surface area contributed by atoms with Gasteiger partial charge in [-0.1, -0.05) is 18.2 Å². The number of anilines is 1. The van der Waals surface area contributed by atoms with Crippen molar-refractivity contribution in [2.45, 2.75) is 11.4 Å². The standard InChI is InChI=1S/C21H28N4O4S/c1-22-30(27,28)20-14-16(8-9-19(20)29-3)21(26)23-15-17-6-4-5-7-18(17)25-12-10-24(2)11-13-25/h4-9,14,22H,10-13,15H2,1-3H3,(H,23,26). The number of benzene rings is 2. The van der Waals surface area contributed by atoms with Gasteiger partial charge in [-0.05, 0) is 43.9 Å². The molecule has 0 bridgehead atoms. The third kappa shape index (κ3) is 4.92. The van der Waals surface area contributed by atoms with E-state index in [1.807, 2.05) is 18.2 Å². The average molecular weight is 433 g/mol. The van der Waals surface area contributed by atoms with Crippen LogP contribution in [0.4, 0.5) is 5.69 Å². The molecule has 0 atom stereocenters. The van der Waals surface area contributed by atoms with Gasteiger partial charge in [-0.15, -0.1) is 0 Å². The number of piperazine rings is 1. The summed E-state index contributed by atoms with van der Waals surface area (Å²) in [6.45, 7) is 4.21. The van der Waals surface area contributed by atoms with Crippen molar-refractivity contribution in [2.75, 3.05) is 52.3 Å². The Morgan fingerprint density at radius 2 is 1.80 bits per heavy atom. The molecule has 162 valence electrons. The SMILES string of the molecule is CNS(=O)(=O)c1cc(C(=O)NCc2ccccc2N2CCN(C)CC2)ccc1OC. The molecule has 1 aliphatic heterocycles. The Bertz CT molecular complexity index is 1000. The number of amides is 1. The molecule has 0 unspecified atom stereocenters. The number of carbonyl (C=O) groups is 1. The predicted molar refractivity (Wildman–Crippen MR) is 117 cm³/mol. The molecule has 1 heterocycles. The van der Waals surface area contributed by atoms with Gasteiger partial charge in [-0.25, -0.2) is 13.1 Å². The van der Waals surface area contributed by atoms with E-state index in [2.05, 4.69) is 33.0 Å². The number of methoxy groups -OCH3 is 1. The van der Waals surface area contributed by atoms with Crippen LogP contribution < -0.4 is 19.7 Å². The fraction of sp³-hybridized carbons (Fsp3) is 0.381.